The highest BCUT2D eigenvalue weighted by molar-refractivity contribution is 7.91. The topological polar surface area (TPSA) is 95.0 Å². The van der Waals surface area contributed by atoms with E-state index >= 15 is 0 Å². The van der Waals surface area contributed by atoms with Crippen LogP contribution in [0.4, 0.5) is 4.79 Å². The fraction of sp³-hybridized carbons (Fsp3) is 0.846. The highest BCUT2D eigenvalue weighted by atomic mass is 32.2. The fourth-order valence-electron chi connectivity index (χ4n) is 3.20. The standard InChI is InChI=1S/C13H22N2O5S/c1-2-13(11(16)17)5-3-7-15(13)12(18)14-6-4-9-21(19,20)10-8-14/h2-10H2,1H3,(H,16,17). The number of hydrogen-bond donors (Lipinski definition) is 1. The van der Waals surface area contributed by atoms with Crippen molar-refractivity contribution < 1.29 is 23.1 Å². The maximum atomic E-state index is 12.6. The van der Waals surface area contributed by atoms with E-state index in [4.69, 9.17) is 0 Å². The number of carboxylic acids is 1. The van der Waals surface area contributed by atoms with Gasteiger partial charge in [0, 0.05) is 19.6 Å². The molecule has 120 valence electrons. The molecular weight excluding hydrogens is 296 g/mol. The van der Waals surface area contributed by atoms with Crippen molar-refractivity contribution in [1.29, 1.82) is 0 Å². The summed E-state index contributed by atoms with van der Waals surface area (Å²) >= 11 is 0. The van der Waals surface area contributed by atoms with Gasteiger partial charge in [0.2, 0.25) is 0 Å². The molecule has 2 saturated heterocycles. The number of likely N-dealkylation sites (tertiary alicyclic amines) is 1. The summed E-state index contributed by atoms with van der Waals surface area (Å²) in [5.74, 6) is -0.925. The lowest BCUT2D eigenvalue weighted by atomic mass is 9.93. The summed E-state index contributed by atoms with van der Waals surface area (Å²) in [7, 11) is -3.09. The zero-order valence-electron chi connectivity index (χ0n) is 12.2. The smallest absolute Gasteiger partial charge is 0.329 e. The second-order valence-electron chi connectivity index (χ2n) is 5.72. The van der Waals surface area contributed by atoms with E-state index in [1.807, 2.05) is 0 Å². The Morgan fingerprint density at radius 3 is 2.48 bits per heavy atom. The van der Waals surface area contributed by atoms with Gasteiger partial charge in [0.1, 0.15) is 5.54 Å². The molecule has 0 spiro atoms. The molecule has 0 aromatic rings. The van der Waals surface area contributed by atoms with E-state index < -0.39 is 21.3 Å². The molecule has 8 heteroatoms. The molecule has 0 saturated carbocycles. The highest BCUT2D eigenvalue weighted by Gasteiger charge is 2.49. The molecule has 2 aliphatic heterocycles. The predicted molar refractivity (Wildman–Crippen MR) is 76.8 cm³/mol. The first-order valence-electron chi connectivity index (χ1n) is 7.33. The number of rotatable bonds is 2. The van der Waals surface area contributed by atoms with Gasteiger partial charge in [-0.3, -0.25) is 0 Å². The Morgan fingerprint density at radius 2 is 1.86 bits per heavy atom. The number of nitrogens with zero attached hydrogens (tertiary/aromatic N) is 2. The third-order valence-electron chi connectivity index (χ3n) is 4.53. The monoisotopic (exact) mass is 318 g/mol. The van der Waals surface area contributed by atoms with Crippen molar-refractivity contribution in [3.8, 4) is 0 Å². The van der Waals surface area contributed by atoms with Gasteiger partial charge in [0.05, 0.1) is 11.5 Å². The lowest BCUT2D eigenvalue weighted by Crippen LogP contribution is -2.56. The van der Waals surface area contributed by atoms with Gasteiger partial charge in [0.25, 0.3) is 0 Å². The molecule has 2 amide bonds. The number of carbonyl (C=O) groups excluding carboxylic acids is 1. The van der Waals surface area contributed by atoms with Gasteiger partial charge in [-0.05, 0) is 25.7 Å². The Labute approximate surface area is 124 Å². The summed E-state index contributed by atoms with van der Waals surface area (Å²) in [6, 6.07) is -0.339. The summed E-state index contributed by atoms with van der Waals surface area (Å²) in [6.45, 7) is 2.71. The molecule has 7 nitrogen and oxygen atoms in total. The predicted octanol–water partition coefficient (Wildman–Crippen LogP) is 0.556. The van der Waals surface area contributed by atoms with Crippen LogP contribution in [-0.2, 0) is 14.6 Å². The lowest BCUT2D eigenvalue weighted by molar-refractivity contribution is -0.148. The molecule has 1 unspecified atom stereocenters. The highest BCUT2D eigenvalue weighted by Crippen LogP contribution is 2.33. The molecule has 21 heavy (non-hydrogen) atoms. The number of amides is 2. The Hall–Kier alpha value is -1.31. The van der Waals surface area contributed by atoms with Crippen LogP contribution in [0.3, 0.4) is 0 Å². The minimum Gasteiger partial charge on any atom is -0.479 e. The minimum absolute atomic E-state index is 0.0429. The number of sulfone groups is 1. The van der Waals surface area contributed by atoms with Gasteiger partial charge in [0.15, 0.2) is 9.84 Å². The normalized spacial score (nSPS) is 29.2. The second kappa shape index (κ2) is 5.82. The van der Waals surface area contributed by atoms with Crippen LogP contribution < -0.4 is 0 Å². The average molecular weight is 318 g/mol. The molecule has 0 aromatic carbocycles. The van der Waals surface area contributed by atoms with Gasteiger partial charge >= 0.3 is 12.0 Å². The number of hydrogen-bond acceptors (Lipinski definition) is 4. The van der Waals surface area contributed by atoms with Crippen molar-refractivity contribution in [2.24, 2.45) is 0 Å². The minimum atomic E-state index is -3.09. The van der Waals surface area contributed by atoms with Gasteiger partial charge in [-0.15, -0.1) is 0 Å². The summed E-state index contributed by atoms with van der Waals surface area (Å²) in [5.41, 5.74) is -1.14. The van der Waals surface area contributed by atoms with Crippen LogP contribution >= 0.6 is 0 Å². The molecule has 0 radical (unpaired) electrons. The van der Waals surface area contributed by atoms with Crippen molar-refractivity contribution in [2.45, 2.75) is 38.1 Å². The molecule has 0 bridgehead atoms. The average Bonchev–Trinajstić information content (AvgIpc) is 2.78. The molecule has 0 aliphatic carbocycles. The van der Waals surface area contributed by atoms with Crippen molar-refractivity contribution in [2.75, 3.05) is 31.1 Å². The van der Waals surface area contributed by atoms with Crippen LogP contribution in [0.2, 0.25) is 0 Å². The molecular formula is C13H22N2O5S. The molecule has 0 aromatic heterocycles. The number of urea groups is 1. The first kappa shape index (κ1) is 16.1. The summed E-state index contributed by atoms with van der Waals surface area (Å²) in [6.07, 6.45) is 1.89. The van der Waals surface area contributed by atoms with Crippen LogP contribution in [-0.4, -0.2) is 72.0 Å². The van der Waals surface area contributed by atoms with Crippen molar-refractivity contribution in [3.63, 3.8) is 0 Å². The van der Waals surface area contributed by atoms with Gasteiger partial charge < -0.3 is 14.9 Å². The van der Waals surface area contributed by atoms with E-state index in [1.54, 1.807) is 6.92 Å². The maximum absolute atomic E-state index is 12.6. The number of aliphatic carboxylic acids is 1. The maximum Gasteiger partial charge on any atom is 0.329 e. The van der Waals surface area contributed by atoms with Crippen LogP contribution in [0.1, 0.15) is 32.6 Å². The van der Waals surface area contributed by atoms with E-state index in [0.717, 1.165) is 0 Å². The van der Waals surface area contributed by atoms with Crippen molar-refractivity contribution in [1.82, 2.24) is 9.80 Å². The van der Waals surface area contributed by atoms with E-state index in [2.05, 4.69) is 0 Å². The molecule has 1 atom stereocenters. The molecule has 2 fully saturated rings. The van der Waals surface area contributed by atoms with Crippen molar-refractivity contribution in [3.05, 3.63) is 0 Å². The molecule has 2 heterocycles. The van der Waals surface area contributed by atoms with Gasteiger partial charge in [-0.1, -0.05) is 6.92 Å². The number of carbonyl (C=O) groups is 2. The molecule has 1 N–H and O–H groups in total. The van der Waals surface area contributed by atoms with Crippen LogP contribution in [0.25, 0.3) is 0 Å². The third-order valence-corrected chi connectivity index (χ3v) is 6.24. The summed E-state index contributed by atoms with van der Waals surface area (Å²) in [4.78, 5) is 27.2. The Balaban J connectivity index is 2.17. The first-order valence-corrected chi connectivity index (χ1v) is 9.15. The van der Waals surface area contributed by atoms with Gasteiger partial charge in [-0.25, -0.2) is 18.0 Å². The van der Waals surface area contributed by atoms with E-state index in [1.165, 1.54) is 9.80 Å². The Bertz CT molecular complexity index is 533. The lowest BCUT2D eigenvalue weighted by Gasteiger charge is -2.37. The zero-order valence-corrected chi connectivity index (χ0v) is 13.1. The largest absolute Gasteiger partial charge is 0.479 e. The fourth-order valence-corrected chi connectivity index (χ4v) is 4.47. The van der Waals surface area contributed by atoms with E-state index in [-0.39, 0.29) is 24.1 Å². The summed E-state index contributed by atoms with van der Waals surface area (Å²) < 4.78 is 23.2. The zero-order chi connectivity index (χ0) is 15.7. The number of carboxylic acid groups (broad SMARTS) is 1. The van der Waals surface area contributed by atoms with Gasteiger partial charge in [-0.2, -0.15) is 0 Å². The second-order valence-corrected chi connectivity index (χ2v) is 8.02. The van der Waals surface area contributed by atoms with E-state index in [9.17, 15) is 23.1 Å². The quantitative estimate of drug-likeness (QED) is 0.802. The van der Waals surface area contributed by atoms with Crippen LogP contribution in [0.15, 0.2) is 0 Å². The first-order chi connectivity index (χ1) is 9.82. The van der Waals surface area contributed by atoms with Crippen molar-refractivity contribution >= 4 is 21.8 Å². The van der Waals surface area contributed by atoms with Crippen LogP contribution in [0, 0.1) is 0 Å². The Kier molecular flexibility index (Phi) is 4.46. The molecule has 2 aliphatic rings. The third kappa shape index (κ3) is 3.00. The SMILES string of the molecule is CCC1(C(=O)O)CCCN1C(=O)N1CCCS(=O)(=O)CC1. The Morgan fingerprint density at radius 1 is 1.14 bits per heavy atom. The summed E-state index contributed by atoms with van der Waals surface area (Å²) in [5, 5.41) is 9.51. The van der Waals surface area contributed by atoms with Crippen LogP contribution in [0.5, 0.6) is 0 Å². The van der Waals surface area contributed by atoms with E-state index in [0.29, 0.717) is 38.8 Å². The molecule has 2 rings (SSSR count).